The van der Waals surface area contributed by atoms with Gasteiger partial charge in [0.2, 0.25) is 0 Å². The van der Waals surface area contributed by atoms with Gasteiger partial charge in [0, 0.05) is 26.2 Å². The van der Waals surface area contributed by atoms with Crippen molar-refractivity contribution in [1.29, 1.82) is 0 Å². The number of piperazine rings is 1. The molecule has 1 N–H and O–H groups in total. The second kappa shape index (κ2) is 6.28. The van der Waals surface area contributed by atoms with Crippen LogP contribution in [0.4, 0.5) is 4.79 Å². The van der Waals surface area contributed by atoms with Crippen LogP contribution >= 0.6 is 0 Å². The van der Waals surface area contributed by atoms with Crippen LogP contribution in [0, 0.1) is 0 Å². The summed E-state index contributed by atoms with van der Waals surface area (Å²) in [6, 6.07) is 5.84. The van der Waals surface area contributed by atoms with Crippen LogP contribution in [-0.2, 0) is 5.54 Å². The Hall–Kier alpha value is -1.95. The van der Waals surface area contributed by atoms with Crippen molar-refractivity contribution in [3.05, 3.63) is 23.8 Å². The highest BCUT2D eigenvalue weighted by atomic mass is 16.6. The predicted octanol–water partition coefficient (Wildman–Crippen LogP) is 1.65. The van der Waals surface area contributed by atoms with Crippen LogP contribution in [0.25, 0.3) is 0 Å². The molecule has 0 bridgehead atoms. The van der Waals surface area contributed by atoms with Gasteiger partial charge < -0.3 is 24.6 Å². The zero-order valence-electron chi connectivity index (χ0n) is 14.1. The number of urea groups is 1. The number of nitrogens with zero attached hydrogens (tertiary/aromatic N) is 2. The highest BCUT2D eigenvalue weighted by Crippen LogP contribution is 2.34. The molecule has 0 unspecified atom stereocenters. The Morgan fingerprint density at radius 2 is 1.74 bits per heavy atom. The van der Waals surface area contributed by atoms with Gasteiger partial charge >= 0.3 is 6.03 Å². The standard InChI is InChI=1S/C17H25N3O3/c1-17(2,18-16(21)20-8-6-19(3)7-9-20)13-4-5-14-15(12-13)23-11-10-22-14/h4-5,12H,6-11H2,1-3H3,(H,18,21). The monoisotopic (exact) mass is 319 g/mol. The summed E-state index contributed by atoms with van der Waals surface area (Å²) >= 11 is 0. The first-order valence-corrected chi connectivity index (χ1v) is 8.11. The maximum Gasteiger partial charge on any atom is 0.318 e. The molecule has 2 amide bonds. The first-order chi connectivity index (χ1) is 11.0. The molecule has 0 atom stereocenters. The van der Waals surface area contributed by atoms with E-state index in [4.69, 9.17) is 9.47 Å². The maximum absolute atomic E-state index is 12.5. The summed E-state index contributed by atoms with van der Waals surface area (Å²) < 4.78 is 11.2. The summed E-state index contributed by atoms with van der Waals surface area (Å²) in [5.74, 6) is 1.51. The number of carbonyl (C=O) groups is 1. The lowest BCUT2D eigenvalue weighted by Gasteiger charge is -2.36. The number of benzene rings is 1. The van der Waals surface area contributed by atoms with E-state index < -0.39 is 5.54 Å². The van der Waals surface area contributed by atoms with Crippen molar-refractivity contribution in [2.45, 2.75) is 19.4 Å². The van der Waals surface area contributed by atoms with Gasteiger partial charge in [-0.25, -0.2) is 4.79 Å². The zero-order chi connectivity index (χ0) is 16.4. The van der Waals surface area contributed by atoms with Crippen molar-refractivity contribution in [3.8, 4) is 11.5 Å². The fourth-order valence-corrected chi connectivity index (χ4v) is 2.86. The number of ether oxygens (including phenoxy) is 2. The minimum Gasteiger partial charge on any atom is -0.486 e. The quantitative estimate of drug-likeness (QED) is 0.900. The van der Waals surface area contributed by atoms with E-state index in [2.05, 4.69) is 17.3 Å². The Balaban J connectivity index is 1.69. The first-order valence-electron chi connectivity index (χ1n) is 8.11. The molecule has 0 radical (unpaired) electrons. The Labute approximate surface area is 137 Å². The molecule has 6 nitrogen and oxygen atoms in total. The molecule has 0 spiro atoms. The lowest BCUT2D eigenvalue weighted by atomic mass is 9.94. The summed E-state index contributed by atoms with van der Waals surface area (Å²) in [5.41, 5.74) is 0.528. The number of hydrogen-bond acceptors (Lipinski definition) is 4. The number of nitrogens with one attached hydrogen (secondary N) is 1. The average molecular weight is 319 g/mol. The maximum atomic E-state index is 12.5. The largest absolute Gasteiger partial charge is 0.486 e. The number of fused-ring (bicyclic) bond motifs is 1. The van der Waals surface area contributed by atoms with Crippen molar-refractivity contribution >= 4 is 6.03 Å². The molecule has 0 aliphatic carbocycles. The highest BCUT2D eigenvalue weighted by Gasteiger charge is 2.28. The minimum atomic E-state index is -0.476. The molecule has 0 aromatic heterocycles. The summed E-state index contributed by atoms with van der Waals surface area (Å²) in [6.45, 7) is 8.51. The molecule has 1 saturated heterocycles. The fraction of sp³-hybridized carbons (Fsp3) is 0.588. The fourth-order valence-electron chi connectivity index (χ4n) is 2.86. The molecular formula is C17H25N3O3. The van der Waals surface area contributed by atoms with Gasteiger partial charge in [-0.15, -0.1) is 0 Å². The van der Waals surface area contributed by atoms with Gasteiger partial charge in [-0.05, 0) is 38.6 Å². The second-order valence-electron chi connectivity index (χ2n) is 6.70. The highest BCUT2D eigenvalue weighted by molar-refractivity contribution is 5.75. The van der Waals surface area contributed by atoms with Crippen molar-refractivity contribution in [2.75, 3.05) is 46.4 Å². The van der Waals surface area contributed by atoms with E-state index in [9.17, 15) is 4.79 Å². The number of carbonyl (C=O) groups excluding carboxylic acids is 1. The molecule has 1 aromatic rings. The number of amides is 2. The predicted molar refractivity (Wildman–Crippen MR) is 88.1 cm³/mol. The number of rotatable bonds is 2. The number of hydrogen-bond donors (Lipinski definition) is 1. The Morgan fingerprint density at radius 1 is 1.09 bits per heavy atom. The Bertz CT molecular complexity index is 580. The van der Waals surface area contributed by atoms with Crippen LogP contribution in [-0.4, -0.2) is 62.3 Å². The summed E-state index contributed by atoms with van der Waals surface area (Å²) in [6.07, 6.45) is 0. The van der Waals surface area contributed by atoms with Gasteiger partial charge in [-0.3, -0.25) is 0 Å². The Morgan fingerprint density at radius 3 is 2.43 bits per heavy atom. The molecule has 6 heteroatoms. The molecule has 2 aliphatic rings. The summed E-state index contributed by atoms with van der Waals surface area (Å²) in [4.78, 5) is 16.6. The molecule has 126 valence electrons. The zero-order valence-corrected chi connectivity index (χ0v) is 14.1. The molecule has 2 aliphatic heterocycles. The van der Waals surface area contributed by atoms with Gasteiger partial charge in [0.15, 0.2) is 11.5 Å². The van der Waals surface area contributed by atoms with Crippen LogP contribution < -0.4 is 14.8 Å². The summed E-state index contributed by atoms with van der Waals surface area (Å²) in [7, 11) is 2.08. The van der Waals surface area contributed by atoms with E-state index in [0.29, 0.717) is 13.2 Å². The van der Waals surface area contributed by atoms with E-state index in [1.807, 2.05) is 36.9 Å². The van der Waals surface area contributed by atoms with Gasteiger partial charge in [-0.1, -0.05) is 6.07 Å². The molecule has 23 heavy (non-hydrogen) atoms. The Kier molecular flexibility index (Phi) is 4.35. The second-order valence-corrected chi connectivity index (χ2v) is 6.70. The molecule has 2 heterocycles. The lowest BCUT2D eigenvalue weighted by Crippen LogP contribution is -2.54. The molecule has 3 rings (SSSR count). The van der Waals surface area contributed by atoms with Crippen LogP contribution in [0.3, 0.4) is 0 Å². The molecule has 1 fully saturated rings. The van der Waals surface area contributed by atoms with E-state index in [1.54, 1.807) is 0 Å². The van der Waals surface area contributed by atoms with Gasteiger partial charge in [0.1, 0.15) is 13.2 Å². The molecular weight excluding hydrogens is 294 g/mol. The van der Waals surface area contributed by atoms with E-state index in [-0.39, 0.29) is 6.03 Å². The van der Waals surface area contributed by atoms with E-state index >= 15 is 0 Å². The molecule has 1 aromatic carbocycles. The van der Waals surface area contributed by atoms with Crippen molar-refractivity contribution < 1.29 is 14.3 Å². The SMILES string of the molecule is CN1CCN(C(=O)NC(C)(C)c2ccc3c(c2)OCCO3)CC1. The molecule has 0 saturated carbocycles. The average Bonchev–Trinajstić information content (AvgIpc) is 2.54. The van der Waals surface area contributed by atoms with Crippen molar-refractivity contribution in [1.82, 2.24) is 15.1 Å². The van der Waals surface area contributed by atoms with Crippen molar-refractivity contribution in [2.24, 2.45) is 0 Å². The smallest absolute Gasteiger partial charge is 0.318 e. The van der Waals surface area contributed by atoms with Crippen LogP contribution in [0.15, 0.2) is 18.2 Å². The van der Waals surface area contributed by atoms with Crippen LogP contribution in [0.5, 0.6) is 11.5 Å². The van der Waals surface area contributed by atoms with Crippen molar-refractivity contribution in [3.63, 3.8) is 0 Å². The van der Waals surface area contributed by atoms with E-state index in [1.165, 1.54) is 0 Å². The van der Waals surface area contributed by atoms with Crippen LogP contribution in [0.1, 0.15) is 19.4 Å². The van der Waals surface area contributed by atoms with Crippen LogP contribution in [0.2, 0.25) is 0 Å². The topological polar surface area (TPSA) is 54.0 Å². The van der Waals surface area contributed by atoms with Gasteiger partial charge in [-0.2, -0.15) is 0 Å². The minimum absolute atomic E-state index is 0.0158. The normalized spacial score (nSPS) is 18.7. The number of likely N-dealkylation sites (N-methyl/N-ethyl adjacent to an activating group) is 1. The third kappa shape index (κ3) is 3.52. The van der Waals surface area contributed by atoms with Gasteiger partial charge in [0.25, 0.3) is 0 Å². The summed E-state index contributed by atoms with van der Waals surface area (Å²) in [5, 5.41) is 3.14. The van der Waals surface area contributed by atoms with E-state index in [0.717, 1.165) is 43.2 Å². The third-order valence-corrected chi connectivity index (χ3v) is 4.47. The lowest BCUT2D eigenvalue weighted by molar-refractivity contribution is 0.147. The third-order valence-electron chi connectivity index (χ3n) is 4.47. The van der Waals surface area contributed by atoms with Gasteiger partial charge in [0.05, 0.1) is 5.54 Å². The first kappa shape index (κ1) is 15.9.